The zero-order valence-corrected chi connectivity index (χ0v) is 18.8. The summed E-state index contributed by atoms with van der Waals surface area (Å²) in [7, 11) is -3.68. The van der Waals surface area contributed by atoms with E-state index in [-0.39, 0.29) is 36.4 Å². The number of pyridine rings is 1. The zero-order chi connectivity index (χ0) is 22.8. The number of amides is 1. The van der Waals surface area contributed by atoms with Crippen LogP contribution in [0.2, 0.25) is 0 Å². The second kappa shape index (κ2) is 8.99. The first-order valence-corrected chi connectivity index (χ1v) is 12.4. The van der Waals surface area contributed by atoms with E-state index in [4.69, 9.17) is 9.47 Å². The molecule has 1 fully saturated rings. The van der Waals surface area contributed by atoms with Crippen molar-refractivity contribution in [1.82, 2.24) is 24.2 Å². The average molecular weight is 472 g/mol. The maximum atomic E-state index is 13.2. The third kappa shape index (κ3) is 4.38. The largest absolute Gasteiger partial charge is 0.490 e. The van der Waals surface area contributed by atoms with E-state index in [0.717, 1.165) is 12.1 Å². The molecular formula is C22H25N5O5S. The Kier molecular flexibility index (Phi) is 5.90. The molecule has 33 heavy (non-hydrogen) atoms. The number of hydrogen-bond donors (Lipinski definition) is 1. The van der Waals surface area contributed by atoms with Gasteiger partial charge in [-0.05, 0) is 37.1 Å². The van der Waals surface area contributed by atoms with Crippen molar-refractivity contribution in [2.75, 3.05) is 26.3 Å². The van der Waals surface area contributed by atoms with E-state index in [1.54, 1.807) is 12.1 Å². The van der Waals surface area contributed by atoms with E-state index in [1.807, 2.05) is 28.8 Å². The average Bonchev–Trinajstić information content (AvgIpc) is 3.10. The Morgan fingerprint density at radius 2 is 1.85 bits per heavy atom. The number of nitrogens with zero attached hydrogens (tertiary/aromatic N) is 4. The van der Waals surface area contributed by atoms with Gasteiger partial charge in [-0.2, -0.15) is 4.31 Å². The molecule has 1 amide bonds. The first kappa shape index (κ1) is 21.7. The first-order chi connectivity index (χ1) is 16.0. The van der Waals surface area contributed by atoms with Crippen LogP contribution in [-0.4, -0.2) is 59.5 Å². The fourth-order valence-electron chi connectivity index (χ4n) is 4.13. The lowest BCUT2D eigenvalue weighted by Gasteiger charge is -2.30. The Labute approximate surface area is 191 Å². The Hall–Kier alpha value is -3.18. The molecule has 0 saturated carbocycles. The van der Waals surface area contributed by atoms with Gasteiger partial charge < -0.3 is 14.8 Å². The minimum Gasteiger partial charge on any atom is -0.490 e. The molecule has 5 rings (SSSR count). The van der Waals surface area contributed by atoms with Crippen LogP contribution in [0.4, 0.5) is 0 Å². The predicted octanol–water partition coefficient (Wildman–Crippen LogP) is 1.61. The number of piperidine rings is 1. The number of ether oxygens (including phenoxy) is 2. The summed E-state index contributed by atoms with van der Waals surface area (Å²) in [6.07, 6.45) is 3.51. The highest BCUT2D eigenvalue weighted by Gasteiger charge is 2.32. The van der Waals surface area contributed by atoms with Gasteiger partial charge >= 0.3 is 0 Å². The molecule has 2 aliphatic heterocycles. The Balaban J connectivity index is 1.19. The van der Waals surface area contributed by atoms with Crippen LogP contribution in [0.15, 0.2) is 47.5 Å². The van der Waals surface area contributed by atoms with Gasteiger partial charge in [0.15, 0.2) is 23.0 Å². The molecule has 0 radical (unpaired) electrons. The summed E-state index contributed by atoms with van der Waals surface area (Å²) in [5, 5.41) is 11.1. The van der Waals surface area contributed by atoms with Crippen LogP contribution in [0.3, 0.4) is 0 Å². The van der Waals surface area contributed by atoms with Gasteiger partial charge in [0.2, 0.25) is 15.9 Å². The number of hydrogen-bond acceptors (Lipinski definition) is 7. The van der Waals surface area contributed by atoms with Crippen molar-refractivity contribution in [3.63, 3.8) is 0 Å². The quantitative estimate of drug-likeness (QED) is 0.601. The topological polar surface area (TPSA) is 115 Å². The highest BCUT2D eigenvalue weighted by Crippen LogP contribution is 2.33. The van der Waals surface area contributed by atoms with Gasteiger partial charge in [0.25, 0.3) is 0 Å². The fraction of sp³-hybridized carbons (Fsp3) is 0.409. The van der Waals surface area contributed by atoms with Crippen LogP contribution in [0.5, 0.6) is 11.5 Å². The summed E-state index contributed by atoms with van der Waals surface area (Å²) < 4.78 is 40.8. The summed E-state index contributed by atoms with van der Waals surface area (Å²) in [6, 6.07) is 10.3. The number of nitrogens with one attached hydrogen (secondary N) is 1. The van der Waals surface area contributed by atoms with E-state index >= 15 is 0 Å². The van der Waals surface area contributed by atoms with Crippen LogP contribution in [0.1, 0.15) is 25.1 Å². The van der Waals surface area contributed by atoms with Crippen LogP contribution in [0, 0.1) is 5.92 Å². The molecule has 0 bridgehead atoms. The number of aromatic nitrogens is 3. The molecule has 0 aliphatic carbocycles. The van der Waals surface area contributed by atoms with E-state index in [0.29, 0.717) is 43.4 Å². The highest BCUT2D eigenvalue weighted by molar-refractivity contribution is 7.89. The molecule has 1 saturated heterocycles. The van der Waals surface area contributed by atoms with E-state index in [9.17, 15) is 13.2 Å². The van der Waals surface area contributed by atoms with Gasteiger partial charge in [0.05, 0.1) is 24.7 Å². The van der Waals surface area contributed by atoms with Crippen molar-refractivity contribution in [2.24, 2.45) is 5.92 Å². The molecule has 0 spiro atoms. The summed E-state index contributed by atoms with van der Waals surface area (Å²) in [5.74, 6) is 1.30. The SMILES string of the molecule is O=C(NCc1nnc2ccccn12)C1CCN(S(=O)(=O)c2ccc3c(c2)OCCCO3)CC1. The van der Waals surface area contributed by atoms with Gasteiger partial charge in [-0.3, -0.25) is 9.20 Å². The van der Waals surface area contributed by atoms with Gasteiger partial charge in [-0.25, -0.2) is 8.42 Å². The molecule has 174 valence electrons. The lowest BCUT2D eigenvalue weighted by atomic mass is 9.97. The second-order valence-corrected chi connectivity index (χ2v) is 10.0. The number of benzene rings is 1. The fourth-order valence-corrected chi connectivity index (χ4v) is 5.62. The third-order valence-corrected chi connectivity index (χ3v) is 7.88. The van der Waals surface area contributed by atoms with Crippen molar-refractivity contribution in [3.8, 4) is 11.5 Å². The number of carbonyl (C=O) groups excluding carboxylic acids is 1. The van der Waals surface area contributed by atoms with Crippen LogP contribution >= 0.6 is 0 Å². The summed E-state index contributed by atoms with van der Waals surface area (Å²) >= 11 is 0. The van der Waals surface area contributed by atoms with Crippen LogP contribution in [0.25, 0.3) is 5.65 Å². The van der Waals surface area contributed by atoms with Crippen molar-refractivity contribution in [1.29, 1.82) is 0 Å². The van der Waals surface area contributed by atoms with E-state index < -0.39 is 10.0 Å². The zero-order valence-electron chi connectivity index (χ0n) is 18.0. The van der Waals surface area contributed by atoms with E-state index in [1.165, 1.54) is 10.4 Å². The van der Waals surface area contributed by atoms with Crippen molar-refractivity contribution in [3.05, 3.63) is 48.4 Å². The molecule has 4 heterocycles. The number of sulfonamides is 1. The smallest absolute Gasteiger partial charge is 0.243 e. The van der Waals surface area contributed by atoms with E-state index in [2.05, 4.69) is 15.5 Å². The molecule has 11 heteroatoms. The summed E-state index contributed by atoms with van der Waals surface area (Å²) in [6.45, 7) is 1.86. The first-order valence-electron chi connectivity index (χ1n) is 11.0. The van der Waals surface area contributed by atoms with Crippen LogP contribution < -0.4 is 14.8 Å². The number of rotatable bonds is 5. The normalized spacial score (nSPS) is 17.6. The lowest BCUT2D eigenvalue weighted by molar-refractivity contribution is -0.126. The molecular weight excluding hydrogens is 446 g/mol. The Morgan fingerprint density at radius 1 is 1.06 bits per heavy atom. The molecule has 3 aromatic rings. The highest BCUT2D eigenvalue weighted by atomic mass is 32.2. The monoisotopic (exact) mass is 471 g/mol. The second-order valence-electron chi connectivity index (χ2n) is 8.10. The summed E-state index contributed by atoms with van der Waals surface area (Å²) in [5.41, 5.74) is 0.718. The molecule has 1 aromatic carbocycles. The van der Waals surface area contributed by atoms with Gasteiger partial charge in [0.1, 0.15) is 0 Å². The minimum atomic E-state index is -3.68. The minimum absolute atomic E-state index is 0.102. The van der Waals surface area contributed by atoms with Crippen molar-refractivity contribution in [2.45, 2.75) is 30.7 Å². The molecule has 0 unspecified atom stereocenters. The van der Waals surface area contributed by atoms with Crippen LogP contribution in [-0.2, 0) is 21.4 Å². The standard InChI is InChI=1S/C22H25N5O5S/c28-22(23-15-21-25-24-20-4-1-2-9-27(20)21)16-7-10-26(11-8-16)33(29,30)17-5-6-18-19(14-17)32-13-3-12-31-18/h1-2,4-6,9,14,16H,3,7-8,10-13,15H2,(H,23,28). The molecule has 2 aromatic heterocycles. The van der Waals surface area contributed by atoms with Gasteiger partial charge in [-0.15, -0.1) is 10.2 Å². The predicted molar refractivity (Wildman–Crippen MR) is 118 cm³/mol. The molecule has 1 N–H and O–H groups in total. The lowest BCUT2D eigenvalue weighted by Crippen LogP contribution is -2.43. The Bertz CT molecular complexity index is 1270. The third-order valence-electron chi connectivity index (χ3n) is 5.99. The van der Waals surface area contributed by atoms with Gasteiger partial charge in [-0.1, -0.05) is 6.07 Å². The molecule has 0 atom stereocenters. The number of carbonyl (C=O) groups is 1. The molecule has 2 aliphatic rings. The number of fused-ring (bicyclic) bond motifs is 2. The summed E-state index contributed by atoms with van der Waals surface area (Å²) in [4.78, 5) is 12.9. The van der Waals surface area contributed by atoms with Gasteiger partial charge in [0, 0.05) is 37.7 Å². The maximum absolute atomic E-state index is 13.2. The van der Waals surface area contributed by atoms with Crippen molar-refractivity contribution >= 4 is 21.6 Å². The maximum Gasteiger partial charge on any atom is 0.243 e. The Morgan fingerprint density at radius 3 is 2.67 bits per heavy atom. The van der Waals surface area contributed by atoms with Crippen molar-refractivity contribution < 1.29 is 22.7 Å². The molecule has 10 nitrogen and oxygen atoms in total.